The third kappa shape index (κ3) is 4.69. The summed E-state index contributed by atoms with van der Waals surface area (Å²) < 4.78 is 11.6. The van der Waals surface area contributed by atoms with E-state index in [0.717, 1.165) is 9.37 Å². The Morgan fingerprint density at radius 3 is 2.77 bits per heavy atom. The van der Waals surface area contributed by atoms with Crippen LogP contribution in [0.15, 0.2) is 83.7 Å². The summed E-state index contributed by atoms with van der Waals surface area (Å²) in [6.45, 7) is 0.210. The molecule has 0 aliphatic rings. The van der Waals surface area contributed by atoms with Gasteiger partial charge in [0, 0.05) is 11.0 Å². The number of hydrogen-bond donors (Lipinski definition) is 1. The van der Waals surface area contributed by atoms with Crippen LogP contribution in [0.5, 0.6) is 0 Å². The monoisotopic (exact) mass is 428 g/mol. The molecule has 0 unspecified atom stereocenters. The second-order valence-electron chi connectivity index (χ2n) is 5.13. The first-order valence-corrected chi connectivity index (χ1v) is 9.21. The van der Waals surface area contributed by atoms with E-state index in [-0.39, 0.29) is 12.1 Å². The number of benzene rings is 1. The minimum Gasteiger partial charge on any atom is -0.467 e. The highest BCUT2D eigenvalue weighted by Gasteiger charge is 2.14. The molecule has 0 fully saturated rings. The van der Waals surface area contributed by atoms with Gasteiger partial charge in [-0.25, -0.2) is 0 Å². The van der Waals surface area contributed by atoms with E-state index < -0.39 is 5.91 Å². The molecule has 26 heavy (non-hydrogen) atoms. The number of carbonyl (C=O) groups is 1. The van der Waals surface area contributed by atoms with Gasteiger partial charge >= 0.3 is 0 Å². The lowest BCUT2D eigenvalue weighted by Crippen LogP contribution is -2.23. The van der Waals surface area contributed by atoms with Crippen LogP contribution in [0, 0.1) is 11.3 Å². The van der Waals surface area contributed by atoms with Gasteiger partial charge in [0.05, 0.1) is 17.3 Å². The van der Waals surface area contributed by atoms with E-state index in [1.165, 1.54) is 24.1 Å². The summed E-state index contributed by atoms with van der Waals surface area (Å²) in [4.78, 5) is 13.2. The normalized spacial score (nSPS) is 11.2. The van der Waals surface area contributed by atoms with Gasteiger partial charge in [-0.3, -0.25) is 4.79 Å². The van der Waals surface area contributed by atoms with E-state index >= 15 is 0 Å². The van der Waals surface area contributed by atoms with Gasteiger partial charge in [0.2, 0.25) is 0 Å². The van der Waals surface area contributed by atoms with Crippen LogP contribution in [0.4, 0.5) is 0 Å². The zero-order chi connectivity index (χ0) is 18.4. The van der Waals surface area contributed by atoms with Crippen molar-refractivity contribution in [3.05, 3.63) is 76.4 Å². The van der Waals surface area contributed by atoms with Crippen LogP contribution < -0.4 is 5.32 Å². The zero-order valence-corrected chi connectivity index (χ0v) is 15.8. The van der Waals surface area contributed by atoms with Gasteiger partial charge < -0.3 is 14.2 Å². The van der Waals surface area contributed by atoms with Gasteiger partial charge in [0.25, 0.3) is 5.91 Å². The second-order valence-corrected chi connectivity index (χ2v) is 7.03. The second kappa shape index (κ2) is 8.61. The Hall–Kier alpha value is -2.69. The summed E-state index contributed by atoms with van der Waals surface area (Å²) in [5.74, 6) is 0.534. The highest BCUT2D eigenvalue weighted by Crippen LogP contribution is 2.36. The zero-order valence-electron chi connectivity index (χ0n) is 13.4. The van der Waals surface area contributed by atoms with Crippen molar-refractivity contribution in [3.8, 4) is 6.07 Å². The van der Waals surface area contributed by atoms with Crippen molar-refractivity contribution in [3.63, 3.8) is 0 Å². The summed E-state index contributed by atoms with van der Waals surface area (Å²) in [5, 5.41) is 12.5. The van der Waals surface area contributed by atoms with Gasteiger partial charge in [-0.1, -0.05) is 30.0 Å². The van der Waals surface area contributed by atoms with E-state index in [2.05, 4.69) is 21.2 Å². The highest BCUT2D eigenvalue weighted by molar-refractivity contribution is 9.10. The molecule has 0 bridgehead atoms. The molecule has 2 aromatic heterocycles. The molecule has 3 aromatic rings. The summed E-state index contributed by atoms with van der Waals surface area (Å²) in [6.07, 6.45) is 2.94. The van der Waals surface area contributed by atoms with Crippen molar-refractivity contribution in [2.75, 3.05) is 0 Å². The van der Waals surface area contributed by atoms with Crippen LogP contribution in [-0.2, 0) is 11.3 Å². The van der Waals surface area contributed by atoms with E-state index in [9.17, 15) is 10.1 Å². The molecule has 2 heterocycles. The molecule has 1 N–H and O–H groups in total. The van der Waals surface area contributed by atoms with Gasteiger partial charge in [0.15, 0.2) is 5.09 Å². The van der Waals surface area contributed by atoms with Crippen LogP contribution >= 0.6 is 27.7 Å². The molecule has 0 atom stereocenters. The Labute approximate surface area is 162 Å². The number of hydrogen-bond acceptors (Lipinski definition) is 5. The minimum atomic E-state index is -0.492. The van der Waals surface area contributed by atoms with Crippen LogP contribution in [0.2, 0.25) is 0 Å². The Morgan fingerprint density at radius 1 is 1.27 bits per heavy atom. The third-order valence-electron chi connectivity index (χ3n) is 3.28. The topological polar surface area (TPSA) is 79.2 Å². The van der Waals surface area contributed by atoms with Crippen molar-refractivity contribution in [1.82, 2.24) is 5.32 Å². The Balaban J connectivity index is 1.71. The maximum Gasteiger partial charge on any atom is 0.262 e. The van der Waals surface area contributed by atoms with E-state index in [4.69, 9.17) is 8.83 Å². The van der Waals surface area contributed by atoms with Gasteiger partial charge in [-0.15, -0.1) is 0 Å². The van der Waals surface area contributed by atoms with Gasteiger partial charge in [-0.2, -0.15) is 5.26 Å². The van der Waals surface area contributed by atoms with Crippen LogP contribution in [0.1, 0.15) is 11.5 Å². The molecule has 3 rings (SSSR count). The molecule has 5 nitrogen and oxygen atoms in total. The van der Waals surface area contributed by atoms with Gasteiger partial charge in [-0.05, 0) is 46.3 Å². The first-order chi connectivity index (χ1) is 12.7. The molecule has 0 radical (unpaired) electrons. The average Bonchev–Trinajstić information content (AvgIpc) is 3.28. The van der Waals surface area contributed by atoms with E-state index in [0.29, 0.717) is 16.6 Å². The number of furan rings is 2. The fourth-order valence-corrected chi connectivity index (χ4v) is 3.42. The molecule has 0 saturated carbocycles. The molecule has 7 heteroatoms. The molecule has 1 aromatic carbocycles. The molecular formula is C19H13BrN2O3S. The molecule has 0 aliphatic carbocycles. The number of nitrogens with zero attached hydrogens (tertiary/aromatic N) is 1. The van der Waals surface area contributed by atoms with Crippen molar-refractivity contribution in [2.24, 2.45) is 0 Å². The highest BCUT2D eigenvalue weighted by atomic mass is 79.9. The molecule has 0 saturated heterocycles. The average molecular weight is 429 g/mol. The number of nitrogens with one attached hydrogen (secondary N) is 1. The summed E-state index contributed by atoms with van der Waals surface area (Å²) in [7, 11) is 0. The van der Waals surface area contributed by atoms with Crippen molar-refractivity contribution in [1.29, 1.82) is 5.26 Å². The van der Waals surface area contributed by atoms with Crippen molar-refractivity contribution >= 4 is 39.7 Å². The first kappa shape index (κ1) is 18.1. The van der Waals surface area contributed by atoms with Crippen LogP contribution in [0.25, 0.3) is 6.08 Å². The van der Waals surface area contributed by atoms with E-state index in [1.807, 2.05) is 36.4 Å². The maximum atomic E-state index is 12.2. The van der Waals surface area contributed by atoms with Crippen LogP contribution in [-0.4, -0.2) is 5.91 Å². The molecule has 130 valence electrons. The predicted molar refractivity (Wildman–Crippen MR) is 101 cm³/mol. The summed E-state index contributed by atoms with van der Waals surface area (Å²) in [5.41, 5.74) is -0.0472. The number of carbonyl (C=O) groups excluding carboxylic acids is 1. The largest absolute Gasteiger partial charge is 0.467 e. The first-order valence-electron chi connectivity index (χ1n) is 7.60. The van der Waals surface area contributed by atoms with Crippen molar-refractivity contribution < 1.29 is 13.6 Å². The predicted octanol–water partition coefficient (Wildman–Crippen LogP) is 5.01. The number of halogens is 1. The van der Waals surface area contributed by atoms with E-state index in [1.54, 1.807) is 18.2 Å². The maximum absolute atomic E-state index is 12.2. The van der Waals surface area contributed by atoms with Crippen LogP contribution in [0.3, 0.4) is 0 Å². The Bertz CT molecular complexity index is 957. The standard InChI is InChI=1S/C19H13BrN2O3S/c20-17-10-15(25-19(17)26-16-6-2-1-3-7-16)9-13(11-21)18(23)22-12-14-5-4-8-24-14/h1-10H,12H2,(H,22,23)/b13-9-. The smallest absolute Gasteiger partial charge is 0.262 e. The fraction of sp³-hybridized carbons (Fsp3) is 0.0526. The SMILES string of the molecule is N#C/C(=C/c1cc(Br)c(Sc2ccccc2)o1)C(=O)NCc1ccco1. The summed E-state index contributed by atoms with van der Waals surface area (Å²) in [6, 6.07) is 16.9. The fourth-order valence-electron chi connectivity index (χ4n) is 2.07. The number of amides is 1. The summed E-state index contributed by atoms with van der Waals surface area (Å²) >= 11 is 4.89. The lowest BCUT2D eigenvalue weighted by Gasteiger charge is -2.01. The Kier molecular flexibility index (Phi) is 6.00. The number of rotatable bonds is 6. The quantitative estimate of drug-likeness (QED) is 0.440. The molecular weight excluding hydrogens is 416 g/mol. The van der Waals surface area contributed by atoms with Crippen molar-refractivity contribution in [2.45, 2.75) is 16.5 Å². The molecule has 0 aliphatic heterocycles. The molecule has 0 spiro atoms. The lowest BCUT2D eigenvalue weighted by atomic mass is 10.2. The lowest BCUT2D eigenvalue weighted by molar-refractivity contribution is -0.117. The minimum absolute atomic E-state index is 0.0472. The number of nitriles is 1. The molecule has 1 amide bonds. The third-order valence-corrected chi connectivity index (χ3v) is 5.13. The Morgan fingerprint density at radius 2 is 2.08 bits per heavy atom. The van der Waals surface area contributed by atoms with Gasteiger partial charge in [0.1, 0.15) is 23.2 Å².